The molecule has 2 aromatic carbocycles. The Labute approximate surface area is 137 Å². The van der Waals surface area contributed by atoms with Gasteiger partial charge in [0.05, 0.1) is 0 Å². The number of oxazole rings is 1. The van der Waals surface area contributed by atoms with E-state index in [9.17, 15) is 9.18 Å². The second kappa shape index (κ2) is 6.26. The zero-order valence-corrected chi connectivity index (χ0v) is 12.7. The van der Waals surface area contributed by atoms with E-state index in [0.29, 0.717) is 17.0 Å². The Morgan fingerprint density at radius 2 is 1.74 bits per heavy atom. The van der Waals surface area contributed by atoms with Gasteiger partial charge in [0.25, 0.3) is 0 Å². The van der Waals surface area contributed by atoms with E-state index in [1.807, 2.05) is 30.3 Å². The van der Waals surface area contributed by atoms with Gasteiger partial charge in [-0.25, -0.2) is 9.37 Å². The van der Waals surface area contributed by atoms with Crippen molar-refractivity contribution in [1.82, 2.24) is 4.98 Å². The Hall–Kier alpha value is -2.60. The maximum absolute atomic E-state index is 13.1. The molecule has 1 atom stereocenters. The van der Waals surface area contributed by atoms with Gasteiger partial charge in [-0.3, -0.25) is 4.79 Å². The van der Waals surface area contributed by atoms with Gasteiger partial charge in [0.2, 0.25) is 5.89 Å². The molecule has 4 nitrogen and oxygen atoms in total. The Bertz CT molecular complexity index is 831. The second-order valence-electron chi connectivity index (χ2n) is 4.84. The van der Waals surface area contributed by atoms with Crippen molar-refractivity contribution in [3.63, 3.8) is 0 Å². The minimum atomic E-state index is -1.17. The normalized spacial score (nSPS) is 12.1. The molecule has 1 aromatic heterocycles. The molecule has 0 aliphatic carbocycles. The molecule has 1 N–H and O–H groups in total. The summed E-state index contributed by atoms with van der Waals surface area (Å²) < 4.78 is 18.8. The number of hydrogen-bond donors (Lipinski definition) is 2. The van der Waals surface area contributed by atoms with Gasteiger partial charge in [0, 0.05) is 11.1 Å². The minimum absolute atomic E-state index is 0.0148. The molecule has 0 radical (unpaired) electrons. The van der Waals surface area contributed by atoms with Gasteiger partial charge in [0.1, 0.15) is 11.5 Å². The molecule has 0 saturated carbocycles. The number of thiol groups is 1. The van der Waals surface area contributed by atoms with Crippen LogP contribution in [0.4, 0.5) is 4.39 Å². The van der Waals surface area contributed by atoms with E-state index in [2.05, 4.69) is 17.6 Å². The Morgan fingerprint density at radius 3 is 2.35 bits per heavy atom. The van der Waals surface area contributed by atoms with Crippen LogP contribution in [0.5, 0.6) is 0 Å². The van der Waals surface area contributed by atoms with E-state index < -0.39 is 11.2 Å². The van der Waals surface area contributed by atoms with Crippen LogP contribution in [0.1, 0.15) is 11.1 Å². The third-order valence-electron chi connectivity index (χ3n) is 3.27. The van der Waals surface area contributed by atoms with E-state index in [0.717, 1.165) is 5.56 Å². The first-order valence-electron chi connectivity index (χ1n) is 6.79. The molecule has 1 heterocycles. The van der Waals surface area contributed by atoms with Crippen LogP contribution < -0.4 is 0 Å². The molecule has 0 aliphatic heterocycles. The Kier molecular flexibility index (Phi) is 4.16. The molecule has 1 unspecified atom stereocenters. The van der Waals surface area contributed by atoms with E-state index in [1.54, 1.807) is 12.1 Å². The third-order valence-corrected chi connectivity index (χ3v) is 3.71. The SMILES string of the molecule is O=C(O)C(S)c1nc(-c2ccc(F)cc2)c(-c2ccccc2)o1. The number of carboxylic acids is 1. The smallest absolute Gasteiger partial charge is 0.325 e. The molecular formula is C17H12FNO3S. The first kappa shape index (κ1) is 15.3. The standard InChI is InChI=1S/C17H12FNO3S/c18-12-8-6-10(7-9-12)13-14(11-4-2-1-3-5-11)22-16(19-13)15(23)17(20)21/h1-9,15,23H,(H,20,21). The third kappa shape index (κ3) is 3.12. The Morgan fingerprint density at radius 1 is 1.09 bits per heavy atom. The molecule has 0 spiro atoms. The highest BCUT2D eigenvalue weighted by Crippen LogP contribution is 2.35. The molecular weight excluding hydrogens is 317 g/mol. The second-order valence-corrected chi connectivity index (χ2v) is 5.36. The number of benzene rings is 2. The fraction of sp³-hybridized carbons (Fsp3) is 0.0588. The van der Waals surface area contributed by atoms with Crippen molar-refractivity contribution in [2.24, 2.45) is 0 Å². The topological polar surface area (TPSA) is 63.3 Å². The number of hydrogen-bond acceptors (Lipinski definition) is 4. The summed E-state index contributed by atoms with van der Waals surface area (Å²) in [6.45, 7) is 0. The number of rotatable bonds is 4. The van der Waals surface area contributed by atoms with Gasteiger partial charge in [-0.2, -0.15) is 12.6 Å². The van der Waals surface area contributed by atoms with E-state index >= 15 is 0 Å². The summed E-state index contributed by atoms with van der Waals surface area (Å²) in [6, 6.07) is 14.9. The fourth-order valence-electron chi connectivity index (χ4n) is 2.15. The van der Waals surface area contributed by atoms with Gasteiger partial charge in [0.15, 0.2) is 11.0 Å². The van der Waals surface area contributed by atoms with Crippen molar-refractivity contribution < 1.29 is 18.7 Å². The summed E-state index contributed by atoms with van der Waals surface area (Å²) in [5.41, 5.74) is 1.83. The Balaban J connectivity index is 2.16. The highest BCUT2D eigenvalue weighted by atomic mass is 32.1. The summed E-state index contributed by atoms with van der Waals surface area (Å²) in [5.74, 6) is -1.11. The molecule has 3 aromatic rings. The van der Waals surface area contributed by atoms with E-state index in [4.69, 9.17) is 9.52 Å². The largest absolute Gasteiger partial charge is 0.480 e. The monoisotopic (exact) mass is 329 g/mol. The van der Waals surface area contributed by atoms with Crippen LogP contribution in [0.3, 0.4) is 0 Å². The predicted octanol–water partition coefficient (Wildman–Crippen LogP) is 4.20. The maximum Gasteiger partial charge on any atom is 0.325 e. The molecule has 0 saturated heterocycles. The van der Waals surface area contributed by atoms with Crippen molar-refractivity contribution in [3.05, 3.63) is 66.3 Å². The summed E-state index contributed by atoms with van der Waals surface area (Å²) in [4.78, 5) is 15.4. The summed E-state index contributed by atoms with van der Waals surface area (Å²) in [6.07, 6.45) is 0. The van der Waals surface area contributed by atoms with Crippen LogP contribution in [0.25, 0.3) is 22.6 Å². The lowest BCUT2D eigenvalue weighted by atomic mass is 10.1. The van der Waals surface area contributed by atoms with Crippen LogP contribution in [0, 0.1) is 5.82 Å². The van der Waals surface area contributed by atoms with Crippen molar-refractivity contribution in [2.45, 2.75) is 5.25 Å². The fourth-order valence-corrected chi connectivity index (χ4v) is 2.26. The van der Waals surface area contributed by atoms with Crippen LogP contribution in [-0.4, -0.2) is 16.1 Å². The minimum Gasteiger partial charge on any atom is -0.480 e. The van der Waals surface area contributed by atoms with Gasteiger partial charge in [-0.1, -0.05) is 30.3 Å². The first-order chi connectivity index (χ1) is 11.1. The molecule has 6 heteroatoms. The summed E-state index contributed by atoms with van der Waals surface area (Å²) in [7, 11) is 0. The maximum atomic E-state index is 13.1. The molecule has 23 heavy (non-hydrogen) atoms. The number of aromatic nitrogens is 1. The van der Waals surface area contributed by atoms with Crippen molar-refractivity contribution in [2.75, 3.05) is 0 Å². The zero-order chi connectivity index (χ0) is 16.4. The number of carbonyl (C=O) groups is 1. The highest BCUT2D eigenvalue weighted by molar-refractivity contribution is 7.81. The molecule has 0 fully saturated rings. The number of nitrogens with zero attached hydrogens (tertiary/aromatic N) is 1. The molecule has 116 valence electrons. The van der Waals surface area contributed by atoms with Gasteiger partial charge >= 0.3 is 5.97 Å². The van der Waals surface area contributed by atoms with E-state index in [1.165, 1.54) is 12.1 Å². The van der Waals surface area contributed by atoms with E-state index in [-0.39, 0.29) is 11.7 Å². The average molecular weight is 329 g/mol. The van der Waals surface area contributed by atoms with Gasteiger partial charge in [-0.15, -0.1) is 0 Å². The van der Waals surface area contributed by atoms with Crippen molar-refractivity contribution in [3.8, 4) is 22.6 Å². The predicted molar refractivity (Wildman–Crippen MR) is 86.7 cm³/mol. The average Bonchev–Trinajstić information content (AvgIpc) is 3.00. The zero-order valence-electron chi connectivity index (χ0n) is 11.8. The number of carboxylic acid groups (broad SMARTS) is 1. The van der Waals surface area contributed by atoms with Crippen molar-refractivity contribution >= 4 is 18.6 Å². The van der Waals surface area contributed by atoms with Crippen LogP contribution in [0.15, 0.2) is 59.0 Å². The lowest BCUT2D eigenvalue weighted by Crippen LogP contribution is -2.05. The van der Waals surface area contributed by atoms with Gasteiger partial charge in [-0.05, 0) is 24.3 Å². The van der Waals surface area contributed by atoms with Crippen LogP contribution >= 0.6 is 12.6 Å². The lowest BCUT2D eigenvalue weighted by Gasteiger charge is -2.01. The molecule has 0 aliphatic rings. The van der Waals surface area contributed by atoms with Gasteiger partial charge < -0.3 is 9.52 Å². The van der Waals surface area contributed by atoms with Crippen LogP contribution in [-0.2, 0) is 4.79 Å². The first-order valence-corrected chi connectivity index (χ1v) is 7.31. The quantitative estimate of drug-likeness (QED) is 0.704. The lowest BCUT2D eigenvalue weighted by molar-refractivity contribution is -0.136. The molecule has 3 rings (SSSR count). The number of halogens is 1. The van der Waals surface area contributed by atoms with Crippen molar-refractivity contribution in [1.29, 1.82) is 0 Å². The van der Waals surface area contributed by atoms with Crippen LogP contribution in [0.2, 0.25) is 0 Å². The summed E-state index contributed by atoms with van der Waals surface area (Å²) in [5, 5.41) is 7.91. The highest BCUT2D eigenvalue weighted by Gasteiger charge is 2.25. The number of aliphatic carboxylic acids is 1. The molecule has 0 amide bonds. The summed E-state index contributed by atoms with van der Waals surface area (Å²) >= 11 is 4.00. The molecule has 0 bridgehead atoms.